The van der Waals surface area contributed by atoms with Gasteiger partial charge in [0.15, 0.2) is 0 Å². The molecule has 0 aliphatic heterocycles. The van der Waals surface area contributed by atoms with Crippen molar-refractivity contribution in [2.24, 2.45) is 0 Å². The van der Waals surface area contributed by atoms with Crippen LogP contribution < -0.4 is 4.74 Å². The molecule has 0 aliphatic carbocycles. The Bertz CT molecular complexity index is 537. The number of aliphatic hydroxyl groups excluding tert-OH is 1. The van der Waals surface area contributed by atoms with Crippen molar-refractivity contribution < 1.29 is 14.8 Å². The Labute approximate surface area is 103 Å². The molecule has 0 radical (unpaired) electrons. The van der Waals surface area contributed by atoms with Crippen LogP contribution in [0.4, 0.5) is 5.69 Å². The fraction of sp³-hybridized carbons (Fsp3) is 0.0833. The lowest BCUT2D eigenvalue weighted by Gasteiger charge is -2.04. The van der Waals surface area contributed by atoms with Crippen molar-refractivity contribution in [2.75, 3.05) is 0 Å². The molecule has 2 rings (SSSR count). The molecule has 1 N–H and O–H groups in total. The topological polar surface area (TPSA) is 85.5 Å². The second-order valence-corrected chi connectivity index (χ2v) is 3.52. The van der Waals surface area contributed by atoms with Crippen LogP contribution >= 0.6 is 0 Å². The van der Waals surface area contributed by atoms with E-state index in [2.05, 4.69) is 4.98 Å². The van der Waals surface area contributed by atoms with E-state index in [9.17, 15) is 10.1 Å². The first-order valence-corrected chi connectivity index (χ1v) is 5.17. The molecule has 0 amide bonds. The monoisotopic (exact) mass is 246 g/mol. The zero-order valence-electron chi connectivity index (χ0n) is 9.31. The first-order chi connectivity index (χ1) is 8.69. The van der Waals surface area contributed by atoms with Crippen LogP contribution in [0, 0.1) is 10.1 Å². The van der Waals surface area contributed by atoms with E-state index in [1.54, 1.807) is 24.3 Å². The fourth-order valence-corrected chi connectivity index (χ4v) is 1.32. The minimum atomic E-state index is -0.521. The maximum absolute atomic E-state index is 10.4. The molecule has 18 heavy (non-hydrogen) atoms. The molecule has 0 fully saturated rings. The first kappa shape index (κ1) is 12.0. The van der Waals surface area contributed by atoms with Crippen molar-refractivity contribution >= 4 is 5.69 Å². The van der Waals surface area contributed by atoms with Gasteiger partial charge >= 0.3 is 0 Å². The summed E-state index contributed by atoms with van der Waals surface area (Å²) < 4.78 is 5.40. The van der Waals surface area contributed by atoms with Crippen LogP contribution in [-0.2, 0) is 6.61 Å². The molecule has 92 valence electrons. The van der Waals surface area contributed by atoms with Gasteiger partial charge in [-0.25, -0.2) is 4.98 Å². The summed E-state index contributed by atoms with van der Waals surface area (Å²) in [5.41, 5.74) is 0.692. The Balaban J connectivity index is 2.10. The van der Waals surface area contributed by atoms with E-state index in [0.29, 0.717) is 5.75 Å². The first-order valence-electron chi connectivity index (χ1n) is 5.17. The smallest absolute Gasteiger partial charge is 0.287 e. The van der Waals surface area contributed by atoms with Crippen LogP contribution in [0.2, 0.25) is 0 Å². The summed E-state index contributed by atoms with van der Waals surface area (Å²) in [5, 5.41) is 19.3. The van der Waals surface area contributed by atoms with Crippen LogP contribution in [0.1, 0.15) is 5.56 Å². The summed E-state index contributed by atoms with van der Waals surface area (Å²) in [4.78, 5) is 13.7. The van der Waals surface area contributed by atoms with Crippen molar-refractivity contribution in [3.05, 3.63) is 58.3 Å². The molecule has 0 saturated carbocycles. The van der Waals surface area contributed by atoms with Gasteiger partial charge in [0.05, 0.1) is 11.5 Å². The number of nitrogens with zero attached hydrogens (tertiary/aromatic N) is 2. The molecule has 6 nitrogen and oxygen atoms in total. The number of aliphatic hydroxyl groups is 1. The fourth-order valence-electron chi connectivity index (χ4n) is 1.32. The van der Waals surface area contributed by atoms with E-state index >= 15 is 0 Å². The summed E-state index contributed by atoms with van der Waals surface area (Å²) in [7, 11) is 0. The summed E-state index contributed by atoms with van der Waals surface area (Å²) in [6.07, 6.45) is 1.14. The number of hydrogen-bond acceptors (Lipinski definition) is 5. The number of pyridine rings is 1. The number of ether oxygens (including phenoxy) is 1. The van der Waals surface area contributed by atoms with Gasteiger partial charge in [0.1, 0.15) is 11.9 Å². The van der Waals surface area contributed by atoms with Crippen molar-refractivity contribution in [1.82, 2.24) is 4.98 Å². The Morgan fingerprint density at radius 3 is 2.44 bits per heavy atom. The average molecular weight is 246 g/mol. The molecule has 1 heterocycles. The van der Waals surface area contributed by atoms with E-state index in [1.807, 2.05) is 0 Å². The van der Waals surface area contributed by atoms with Gasteiger partial charge in [-0.3, -0.25) is 10.1 Å². The standard InChI is InChI=1S/C12H10N2O4/c15-8-9-1-4-11(5-2-9)18-12-6-3-10(7-13-12)14(16)17/h1-7,15H,8H2. The highest BCUT2D eigenvalue weighted by molar-refractivity contribution is 5.33. The van der Waals surface area contributed by atoms with Crippen molar-refractivity contribution in [2.45, 2.75) is 6.61 Å². The molecular formula is C12H10N2O4. The third kappa shape index (κ3) is 2.80. The maximum atomic E-state index is 10.4. The number of rotatable bonds is 4. The van der Waals surface area contributed by atoms with Gasteiger partial charge in [-0.05, 0) is 17.7 Å². The van der Waals surface area contributed by atoms with E-state index in [-0.39, 0.29) is 18.2 Å². The zero-order valence-corrected chi connectivity index (χ0v) is 9.31. The predicted octanol–water partition coefficient (Wildman–Crippen LogP) is 2.27. The lowest BCUT2D eigenvalue weighted by Crippen LogP contribution is -1.91. The summed E-state index contributed by atoms with van der Waals surface area (Å²) in [6, 6.07) is 9.58. The lowest BCUT2D eigenvalue weighted by molar-refractivity contribution is -0.385. The van der Waals surface area contributed by atoms with E-state index < -0.39 is 4.92 Å². The molecule has 0 bridgehead atoms. The largest absolute Gasteiger partial charge is 0.439 e. The van der Waals surface area contributed by atoms with Gasteiger partial charge in [-0.1, -0.05) is 12.1 Å². The Morgan fingerprint density at radius 1 is 1.22 bits per heavy atom. The highest BCUT2D eigenvalue weighted by atomic mass is 16.6. The SMILES string of the molecule is O=[N+]([O-])c1ccc(Oc2ccc(CO)cc2)nc1. The molecule has 0 unspecified atom stereocenters. The normalized spacial score (nSPS) is 10.1. The quantitative estimate of drug-likeness (QED) is 0.660. The number of benzene rings is 1. The Morgan fingerprint density at radius 2 is 1.94 bits per heavy atom. The summed E-state index contributed by atoms with van der Waals surface area (Å²) in [6.45, 7) is -0.0317. The minimum Gasteiger partial charge on any atom is -0.439 e. The molecule has 1 aromatic heterocycles. The molecule has 6 heteroatoms. The minimum absolute atomic E-state index is 0.0317. The van der Waals surface area contributed by atoms with Crippen LogP contribution in [-0.4, -0.2) is 15.0 Å². The molecule has 1 aromatic carbocycles. The van der Waals surface area contributed by atoms with Crippen molar-refractivity contribution in [3.8, 4) is 11.6 Å². The lowest BCUT2D eigenvalue weighted by atomic mass is 10.2. The van der Waals surface area contributed by atoms with Crippen LogP contribution in [0.25, 0.3) is 0 Å². The third-order valence-electron chi connectivity index (χ3n) is 2.26. The molecule has 0 saturated heterocycles. The second-order valence-electron chi connectivity index (χ2n) is 3.52. The number of nitro groups is 1. The van der Waals surface area contributed by atoms with Gasteiger partial charge in [-0.15, -0.1) is 0 Å². The van der Waals surface area contributed by atoms with Gasteiger partial charge < -0.3 is 9.84 Å². The maximum Gasteiger partial charge on any atom is 0.287 e. The van der Waals surface area contributed by atoms with Gasteiger partial charge in [-0.2, -0.15) is 0 Å². The summed E-state index contributed by atoms with van der Waals surface area (Å²) in [5.74, 6) is 0.825. The zero-order chi connectivity index (χ0) is 13.0. The average Bonchev–Trinajstić information content (AvgIpc) is 2.40. The number of hydrogen-bond donors (Lipinski definition) is 1. The molecule has 2 aromatic rings. The van der Waals surface area contributed by atoms with E-state index in [1.165, 1.54) is 12.1 Å². The van der Waals surface area contributed by atoms with E-state index in [4.69, 9.17) is 9.84 Å². The highest BCUT2D eigenvalue weighted by Crippen LogP contribution is 2.21. The molecule has 0 atom stereocenters. The summed E-state index contributed by atoms with van der Waals surface area (Å²) >= 11 is 0. The number of aromatic nitrogens is 1. The van der Waals surface area contributed by atoms with Crippen molar-refractivity contribution in [3.63, 3.8) is 0 Å². The molecule has 0 aliphatic rings. The highest BCUT2D eigenvalue weighted by Gasteiger charge is 2.06. The van der Waals surface area contributed by atoms with Gasteiger partial charge in [0, 0.05) is 12.1 Å². The Hall–Kier alpha value is -2.47. The Kier molecular flexibility index (Phi) is 3.49. The van der Waals surface area contributed by atoms with Gasteiger partial charge in [0.2, 0.25) is 5.88 Å². The molecular weight excluding hydrogens is 236 g/mol. The van der Waals surface area contributed by atoms with Crippen molar-refractivity contribution in [1.29, 1.82) is 0 Å². The predicted molar refractivity (Wildman–Crippen MR) is 63.3 cm³/mol. The van der Waals surface area contributed by atoms with E-state index in [0.717, 1.165) is 11.8 Å². The third-order valence-corrected chi connectivity index (χ3v) is 2.26. The molecule has 0 spiro atoms. The van der Waals surface area contributed by atoms with Crippen LogP contribution in [0.15, 0.2) is 42.6 Å². The van der Waals surface area contributed by atoms with Crippen LogP contribution in [0.3, 0.4) is 0 Å². The second kappa shape index (κ2) is 5.24. The van der Waals surface area contributed by atoms with Crippen LogP contribution in [0.5, 0.6) is 11.6 Å². The van der Waals surface area contributed by atoms with Gasteiger partial charge in [0.25, 0.3) is 5.69 Å².